The van der Waals surface area contributed by atoms with Gasteiger partial charge in [-0.25, -0.2) is 4.98 Å². The first-order valence-corrected chi connectivity index (χ1v) is 10.7. The molecule has 2 aromatic rings. The number of amides is 1. The van der Waals surface area contributed by atoms with Gasteiger partial charge >= 0.3 is 0 Å². The lowest BCUT2D eigenvalue weighted by atomic mass is 10.1. The van der Waals surface area contributed by atoms with Gasteiger partial charge in [0.05, 0.1) is 19.3 Å². The van der Waals surface area contributed by atoms with Gasteiger partial charge in [0.25, 0.3) is 5.91 Å². The van der Waals surface area contributed by atoms with E-state index < -0.39 is 0 Å². The highest BCUT2D eigenvalue weighted by molar-refractivity contribution is 5.93. The lowest BCUT2D eigenvalue weighted by Crippen LogP contribution is -2.38. The lowest BCUT2D eigenvalue weighted by Gasteiger charge is -2.22. The van der Waals surface area contributed by atoms with Crippen molar-refractivity contribution < 1.29 is 19.4 Å². The maximum atomic E-state index is 12.8. The van der Waals surface area contributed by atoms with E-state index in [1.807, 2.05) is 25.1 Å². The molecule has 1 aromatic carbocycles. The minimum absolute atomic E-state index is 0.0110. The van der Waals surface area contributed by atoms with E-state index in [2.05, 4.69) is 23.3 Å². The number of hydrogen-bond acceptors (Lipinski definition) is 6. The van der Waals surface area contributed by atoms with E-state index in [0.29, 0.717) is 31.2 Å². The summed E-state index contributed by atoms with van der Waals surface area (Å²) in [4.78, 5) is 19.1. The van der Waals surface area contributed by atoms with Gasteiger partial charge in [-0.05, 0) is 51.0 Å². The molecule has 0 aliphatic carbocycles. The van der Waals surface area contributed by atoms with Gasteiger partial charge in [0, 0.05) is 30.6 Å². The van der Waals surface area contributed by atoms with E-state index in [9.17, 15) is 9.90 Å². The molecular formula is C23H29N3O4. The van der Waals surface area contributed by atoms with E-state index in [4.69, 9.17) is 9.47 Å². The fraction of sp³-hybridized carbons (Fsp3) is 0.478. The number of fused-ring (bicyclic) bond motifs is 1. The molecular weight excluding hydrogens is 382 g/mol. The van der Waals surface area contributed by atoms with Crippen LogP contribution in [0.4, 0.5) is 5.82 Å². The topological polar surface area (TPSA) is 83.9 Å². The molecule has 1 fully saturated rings. The number of carbonyl (C=O) groups is 1. The number of anilines is 1. The predicted molar refractivity (Wildman–Crippen MR) is 114 cm³/mol. The van der Waals surface area contributed by atoms with Gasteiger partial charge in [-0.1, -0.05) is 6.07 Å². The van der Waals surface area contributed by atoms with Crippen LogP contribution < -0.4 is 14.8 Å². The number of aromatic nitrogens is 1. The third-order valence-electron chi connectivity index (χ3n) is 5.66. The van der Waals surface area contributed by atoms with E-state index in [1.165, 1.54) is 5.56 Å². The number of rotatable bonds is 7. The van der Waals surface area contributed by atoms with Gasteiger partial charge in [0.2, 0.25) is 0 Å². The largest absolute Gasteiger partial charge is 0.494 e. The molecule has 2 N–H and O–H groups in total. The molecule has 0 bridgehead atoms. The Bertz CT molecular complexity index is 917. The van der Waals surface area contributed by atoms with Crippen molar-refractivity contribution in [3.63, 3.8) is 0 Å². The summed E-state index contributed by atoms with van der Waals surface area (Å²) in [7, 11) is 0. The lowest BCUT2D eigenvalue weighted by molar-refractivity contribution is 0.0672. The maximum absolute atomic E-state index is 12.8. The van der Waals surface area contributed by atoms with Crippen LogP contribution in [0.15, 0.2) is 30.3 Å². The van der Waals surface area contributed by atoms with Gasteiger partial charge in [-0.3, -0.25) is 4.79 Å². The van der Waals surface area contributed by atoms with Crippen molar-refractivity contribution in [1.29, 1.82) is 0 Å². The quantitative estimate of drug-likeness (QED) is 0.729. The molecule has 2 atom stereocenters. The number of pyridine rings is 1. The Labute approximate surface area is 177 Å². The Kier molecular flexibility index (Phi) is 6.08. The van der Waals surface area contributed by atoms with Crippen LogP contribution in [0.1, 0.15) is 48.3 Å². The smallest absolute Gasteiger partial charge is 0.272 e. The first-order valence-electron chi connectivity index (χ1n) is 10.7. The van der Waals surface area contributed by atoms with Crippen molar-refractivity contribution in [2.45, 2.75) is 51.8 Å². The van der Waals surface area contributed by atoms with Crippen molar-refractivity contribution in [3.05, 3.63) is 47.2 Å². The van der Waals surface area contributed by atoms with Crippen molar-refractivity contribution >= 4 is 11.7 Å². The minimum Gasteiger partial charge on any atom is -0.494 e. The molecule has 7 nitrogen and oxygen atoms in total. The Hall–Kier alpha value is -2.80. The zero-order chi connectivity index (χ0) is 21.1. The van der Waals surface area contributed by atoms with E-state index in [0.717, 1.165) is 36.3 Å². The SMILES string of the molecule is CCOc1cc2c(cc1CNc1cccc(C(=O)N3CCC[C@@H]3CO)n1)O[C@@H](C)C2. The average Bonchev–Trinajstić information content (AvgIpc) is 3.37. The summed E-state index contributed by atoms with van der Waals surface area (Å²) in [6.07, 6.45) is 2.81. The second-order valence-electron chi connectivity index (χ2n) is 7.87. The summed E-state index contributed by atoms with van der Waals surface area (Å²) in [5.74, 6) is 2.24. The van der Waals surface area contributed by atoms with E-state index >= 15 is 0 Å². The summed E-state index contributed by atoms with van der Waals surface area (Å²) >= 11 is 0. The molecule has 0 spiro atoms. The van der Waals surface area contributed by atoms with Gasteiger partial charge in [0.1, 0.15) is 29.1 Å². The Morgan fingerprint density at radius 3 is 3.07 bits per heavy atom. The Morgan fingerprint density at radius 2 is 2.27 bits per heavy atom. The Balaban J connectivity index is 1.49. The first-order chi connectivity index (χ1) is 14.6. The molecule has 0 saturated carbocycles. The van der Waals surface area contributed by atoms with Crippen molar-refractivity contribution in [1.82, 2.24) is 9.88 Å². The van der Waals surface area contributed by atoms with Gasteiger partial charge in [0.15, 0.2) is 0 Å². The Morgan fingerprint density at radius 1 is 1.40 bits per heavy atom. The molecule has 3 heterocycles. The van der Waals surface area contributed by atoms with Gasteiger partial charge in [-0.2, -0.15) is 0 Å². The molecule has 0 unspecified atom stereocenters. The molecule has 1 aromatic heterocycles. The highest BCUT2D eigenvalue weighted by atomic mass is 16.5. The second-order valence-corrected chi connectivity index (χ2v) is 7.87. The number of likely N-dealkylation sites (tertiary alicyclic amines) is 1. The van der Waals surface area contributed by atoms with Crippen LogP contribution in [0.5, 0.6) is 11.5 Å². The summed E-state index contributed by atoms with van der Waals surface area (Å²) in [6, 6.07) is 9.37. The number of carbonyl (C=O) groups excluding carboxylic acids is 1. The van der Waals surface area contributed by atoms with Gasteiger partial charge in [-0.15, -0.1) is 0 Å². The molecule has 30 heavy (non-hydrogen) atoms. The van der Waals surface area contributed by atoms with Crippen LogP contribution in [0.2, 0.25) is 0 Å². The molecule has 7 heteroatoms. The van der Waals surface area contributed by atoms with Crippen molar-refractivity contribution in [2.75, 3.05) is 25.1 Å². The molecule has 4 rings (SSSR count). The molecule has 0 radical (unpaired) electrons. The predicted octanol–water partition coefficient (Wildman–Crippen LogP) is 3.01. The van der Waals surface area contributed by atoms with E-state index in [-0.39, 0.29) is 24.7 Å². The number of aliphatic hydroxyl groups is 1. The second kappa shape index (κ2) is 8.92. The number of hydrogen-bond donors (Lipinski definition) is 2. The maximum Gasteiger partial charge on any atom is 0.272 e. The molecule has 2 aliphatic heterocycles. The average molecular weight is 412 g/mol. The van der Waals surface area contributed by atoms with Crippen LogP contribution in [-0.4, -0.2) is 52.8 Å². The zero-order valence-electron chi connectivity index (χ0n) is 17.6. The number of nitrogens with zero attached hydrogens (tertiary/aromatic N) is 2. The number of nitrogens with one attached hydrogen (secondary N) is 1. The highest BCUT2D eigenvalue weighted by Crippen LogP contribution is 2.35. The molecule has 2 aliphatic rings. The number of aliphatic hydroxyl groups excluding tert-OH is 1. The van der Waals surface area contributed by atoms with Crippen LogP contribution >= 0.6 is 0 Å². The number of benzene rings is 1. The third kappa shape index (κ3) is 4.21. The van der Waals surface area contributed by atoms with Crippen molar-refractivity contribution in [2.24, 2.45) is 0 Å². The number of ether oxygens (including phenoxy) is 2. The minimum atomic E-state index is -0.134. The summed E-state index contributed by atoms with van der Waals surface area (Å²) in [5.41, 5.74) is 2.55. The summed E-state index contributed by atoms with van der Waals surface area (Å²) in [6.45, 7) is 5.78. The molecule has 1 saturated heterocycles. The molecule has 160 valence electrons. The van der Waals surface area contributed by atoms with Crippen LogP contribution in [0.3, 0.4) is 0 Å². The fourth-order valence-corrected chi connectivity index (χ4v) is 4.19. The summed E-state index contributed by atoms with van der Waals surface area (Å²) < 4.78 is 11.7. The zero-order valence-corrected chi connectivity index (χ0v) is 17.6. The fourth-order valence-electron chi connectivity index (χ4n) is 4.19. The van der Waals surface area contributed by atoms with E-state index in [1.54, 1.807) is 11.0 Å². The van der Waals surface area contributed by atoms with Crippen LogP contribution in [0, 0.1) is 0 Å². The van der Waals surface area contributed by atoms with Crippen LogP contribution in [-0.2, 0) is 13.0 Å². The monoisotopic (exact) mass is 411 g/mol. The van der Waals surface area contributed by atoms with Crippen molar-refractivity contribution in [3.8, 4) is 11.5 Å². The summed E-state index contributed by atoms with van der Waals surface area (Å²) in [5, 5.41) is 12.8. The standard InChI is InChI=1S/C23H29N3O4/c1-3-29-20-11-16-10-15(2)30-21(16)12-17(20)13-24-22-8-4-7-19(25-22)23(28)26-9-5-6-18(26)14-27/h4,7-8,11-12,15,18,27H,3,5-6,9-10,13-14H2,1-2H3,(H,24,25)/t15-,18+/m0/s1. The molecule has 1 amide bonds. The van der Waals surface area contributed by atoms with Gasteiger partial charge < -0.3 is 24.8 Å². The third-order valence-corrected chi connectivity index (χ3v) is 5.66. The highest BCUT2D eigenvalue weighted by Gasteiger charge is 2.29. The normalized spacial score (nSPS) is 20.0. The first kappa shape index (κ1) is 20.5. The van der Waals surface area contributed by atoms with Crippen LogP contribution in [0.25, 0.3) is 0 Å².